The number of rotatable bonds is 2. The molecule has 2 heterocycles. The number of hydrogen-bond acceptors (Lipinski definition) is 3. The van der Waals surface area contributed by atoms with Gasteiger partial charge in [0.05, 0.1) is 0 Å². The summed E-state index contributed by atoms with van der Waals surface area (Å²) < 4.78 is 5.56. The number of carbonyl (C=O) groups is 1. The molecular weight excluding hydrogens is 275 g/mol. The number of anilines is 1. The highest BCUT2D eigenvalue weighted by Crippen LogP contribution is 2.29. The van der Waals surface area contributed by atoms with E-state index in [1.54, 1.807) is 23.1 Å². The van der Waals surface area contributed by atoms with Crippen LogP contribution in [0.1, 0.15) is 6.42 Å². The monoisotopic (exact) mass is 284 g/mol. The van der Waals surface area contributed by atoms with Crippen LogP contribution in [0.25, 0.3) is 11.1 Å². The van der Waals surface area contributed by atoms with Crippen molar-refractivity contribution in [1.82, 2.24) is 4.98 Å². The molecule has 0 N–H and O–H groups in total. The van der Waals surface area contributed by atoms with Crippen LogP contribution in [0.4, 0.5) is 6.01 Å². The lowest BCUT2D eigenvalue weighted by molar-refractivity contribution is -0.117. The van der Waals surface area contributed by atoms with E-state index in [0.717, 1.165) is 0 Å². The van der Waals surface area contributed by atoms with Crippen LogP contribution in [0.5, 0.6) is 0 Å². The normalized spacial score (nSPS) is 20.0. The number of hydrogen-bond donors (Lipinski definition) is 0. The summed E-state index contributed by atoms with van der Waals surface area (Å²) in [6.07, 6.45) is 0.447. The Kier molecular flexibility index (Phi) is 2.92. The standard InChI is InChI=1S/C12H10Cl2N2O2/c13-5-7-3-11(17)16(6-7)12-15-9-4-8(14)1-2-10(9)18-12/h1-2,4,7H,3,5-6H2. The zero-order valence-corrected chi connectivity index (χ0v) is 10.9. The Hall–Kier alpha value is -1.26. The van der Waals surface area contributed by atoms with Crippen LogP contribution < -0.4 is 4.90 Å². The fourth-order valence-electron chi connectivity index (χ4n) is 2.07. The summed E-state index contributed by atoms with van der Waals surface area (Å²) >= 11 is 11.7. The number of alkyl halides is 1. The van der Waals surface area contributed by atoms with Gasteiger partial charge in [0.15, 0.2) is 5.58 Å². The van der Waals surface area contributed by atoms with Crippen LogP contribution in [0.3, 0.4) is 0 Å². The van der Waals surface area contributed by atoms with Gasteiger partial charge in [0.25, 0.3) is 0 Å². The maximum absolute atomic E-state index is 11.8. The fraction of sp³-hybridized carbons (Fsp3) is 0.333. The molecule has 1 saturated heterocycles. The molecule has 1 unspecified atom stereocenters. The van der Waals surface area contributed by atoms with E-state index in [-0.39, 0.29) is 11.8 Å². The second kappa shape index (κ2) is 4.44. The summed E-state index contributed by atoms with van der Waals surface area (Å²) in [5, 5.41) is 0.591. The molecule has 1 aromatic heterocycles. The first-order valence-corrected chi connectivity index (χ1v) is 6.51. The van der Waals surface area contributed by atoms with Crippen molar-refractivity contribution in [2.45, 2.75) is 6.42 Å². The zero-order valence-electron chi connectivity index (χ0n) is 9.40. The van der Waals surface area contributed by atoms with Crippen molar-refractivity contribution in [2.24, 2.45) is 5.92 Å². The third-order valence-corrected chi connectivity index (χ3v) is 3.66. The highest BCUT2D eigenvalue weighted by atomic mass is 35.5. The third kappa shape index (κ3) is 1.95. The molecule has 0 aliphatic carbocycles. The maximum Gasteiger partial charge on any atom is 0.305 e. The smallest absolute Gasteiger partial charge is 0.305 e. The number of carbonyl (C=O) groups excluding carboxylic acids is 1. The Morgan fingerprint density at radius 3 is 3.06 bits per heavy atom. The number of halogens is 2. The Labute approximate surface area is 113 Å². The highest BCUT2D eigenvalue weighted by Gasteiger charge is 2.32. The van der Waals surface area contributed by atoms with Crippen molar-refractivity contribution >= 4 is 46.2 Å². The molecule has 1 amide bonds. The predicted molar refractivity (Wildman–Crippen MR) is 70.2 cm³/mol. The average molecular weight is 285 g/mol. The topological polar surface area (TPSA) is 46.3 Å². The Balaban J connectivity index is 1.97. The third-order valence-electron chi connectivity index (χ3n) is 2.99. The summed E-state index contributed by atoms with van der Waals surface area (Å²) in [7, 11) is 0. The lowest BCUT2D eigenvalue weighted by atomic mass is 10.2. The molecule has 1 aromatic carbocycles. The highest BCUT2D eigenvalue weighted by molar-refractivity contribution is 6.31. The Morgan fingerprint density at radius 1 is 1.50 bits per heavy atom. The first kappa shape index (κ1) is 11.8. The van der Waals surface area contributed by atoms with E-state index in [9.17, 15) is 4.79 Å². The molecule has 0 saturated carbocycles. The van der Waals surface area contributed by atoms with Crippen LogP contribution in [0.2, 0.25) is 5.02 Å². The predicted octanol–water partition coefficient (Wildman–Crippen LogP) is 3.07. The van der Waals surface area contributed by atoms with Gasteiger partial charge >= 0.3 is 6.01 Å². The molecule has 94 valence electrons. The largest absolute Gasteiger partial charge is 0.423 e. The maximum atomic E-state index is 11.8. The van der Waals surface area contributed by atoms with Gasteiger partial charge in [0.1, 0.15) is 5.52 Å². The molecule has 4 nitrogen and oxygen atoms in total. The number of nitrogens with zero attached hydrogens (tertiary/aromatic N) is 2. The van der Waals surface area contributed by atoms with E-state index >= 15 is 0 Å². The first-order chi connectivity index (χ1) is 8.67. The molecule has 1 aliphatic heterocycles. The van der Waals surface area contributed by atoms with Crippen molar-refractivity contribution in [3.8, 4) is 0 Å². The van der Waals surface area contributed by atoms with E-state index in [2.05, 4.69) is 4.98 Å². The van der Waals surface area contributed by atoms with E-state index in [1.165, 1.54) is 0 Å². The number of amides is 1. The van der Waals surface area contributed by atoms with Crippen molar-refractivity contribution in [3.63, 3.8) is 0 Å². The molecule has 0 bridgehead atoms. The molecule has 1 atom stereocenters. The molecule has 0 radical (unpaired) electrons. The molecule has 18 heavy (non-hydrogen) atoms. The Morgan fingerprint density at radius 2 is 2.33 bits per heavy atom. The van der Waals surface area contributed by atoms with Gasteiger partial charge < -0.3 is 4.42 Å². The Bertz CT molecular complexity index is 611. The number of benzene rings is 1. The number of fused-ring (bicyclic) bond motifs is 1. The summed E-state index contributed by atoms with van der Waals surface area (Å²) in [5.41, 5.74) is 1.27. The van der Waals surface area contributed by atoms with Gasteiger partial charge in [-0.15, -0.1) is 11.6 Å². The van der Waals surface area contributed by atoms with Crippen LogP contribution >= 0.6 is 23.2 Å². The summed E-state index contributed by atoms with van der Waals surface area (Å²) in [5.74, 6) is 0.630. The van der Waals surface area contributed by atoms with E-state index in [1.807, 2.05) is 0 Å². The number of oxazole rings is 1. The summed E-state index contributed by atoms with van der Waals surface area (Å²) in [4.78, 5) is 17.7. The zero-order chi connectivity index (χ0) is 12.7. The van der Waals surface area contributed by atoms with Crippen LogP contribution in [-0.2, 0) is 4.79 Å². The fourth-order valence-corrected chi connectivity index (χ4v) is 2.45. The van der Waals surface area contributed by atoms with Crippen LogP contribution in [-0.4, -0.2) is 23.3 Å². The van der Waals surface area contributed by atoms with Crippen LogP contribution in [0.15, 0.2) is 22.6 Å². The summed E-state index contributed by atoms with van der Waals surface area (Å²) in [6.45, 7) is 0.558. The molecule has 1 aliphatic rings. The number of aromatic nitrogens is 1. The van der Waals surface area contributed by atoms with Gasteiger partial charge in [0, 0.05) is 23.9 Å². The van der Waals surface area contributed by atoms with Gasteiger partial charge in [-0.2, -0.15) is 4.98 Å². The van der Waals surface area contributed by atoms with Crippen LogP contribution in [0, 0.1) is 5.92 Å². The van der Waals surface area contributed by atoms with Crippen molar-refractivity contribution < 1.29 is 9.21 Å². The molecule has 2 aromatic rings. The average Bonchev–Trinajstić information content (AvgIpc) is 2.91. The minimum absolute atomic E-state index is 0.00157. The molecule has 3 rings (SSSR count). The van der Waals surface area contributed by atoms with Gasteiger partial charge in [-0.3, -0.25) is 9.69 Å². The van der Waals surface area contributed by atoms with Crippen molar-refractivity contribution in [2.75, 3.05) is 17.3 Å². The van der Waals surface area contributed by atoms with Gasteiger partial charge in [-0.05, 0) is 24.1 Å². The van der Waals surface area contributed by atoms with Crippen molar-refractivity contribution in [3.05, 3.63) is 23.2 Å². The molecule has 6 heteroatoms. The van der Waals surface area contributed by atoms with Gasteiger partial charge in [0.2, 0.25) is 5.91 Å². The second-order valence-electron chi connectivity index (χ2n) is 4.34. The van der Waals surface area contributed by atoms with Gasteiger partial charge in [-0.1, -0.05) is 11.6 Å². The molecular formula is C12H10Cl2N2O2. The van der Waals surface area contributed by atoms with E-state index in [0.29, 0.717) is 41.0 Å². The van der Waals surface area contributed by atoms with E-state index in [4.69, 9.17) is 27.6 Å². The second-order valence-corrected chi connectivity index (χ2v) is 5.08. The molecule has 1 fully saturated rings. The lowest BCUT2D eigenvalue weighted by Gasteiger charge is -2.09. The summed E-state index contributed by atoms with van der Waals surface area (Å²) in [6, 6.07) is 5.51. The lowest BCUT2D eigenvalue weighted by Crippen LogP contribution is -2.24. The van der Waals surface area contributed by atoms with Gasteiger partial charge in [-0.25, -0.2) is 0 Å². The van der Waals surface area contributed by atoms with Crippen molar-refractivity contribution in [1.29, 1.82) is 0 Å². The first-order valence-electron chi connectivity index (χ1n) is 5.60. The minimum atomic E-state index is -0.00157. The quantitative estimate of drug-likeness (QED) is 0.797. The van der Waals surface area contributed by atoms with E-state index < -0.39 is 0 Å². The molecule has 0 spiro atoms. The SMILES string of the molecule is O=C1CC(CCl)CN1c1nc2cc(Cl)ccc2o1. The minimum Gasteiger partial charge on any atom is -0.423 e.